The summed E-state index contributed by atoms with van der Waals surface area (Å²) >= 11 is 11.9. The Balaban J connectivity index is 2.55. The molecule has 0 atom stereocenters. The van der Waals surface area contributed by atoms with Crippen LogP contribution in [-0.4, -0.2) is 41.3 Å². The van der Waals surface area contributed by atoms with Crippen molar-refractivity contribution in [2.24, 2.45) is 0 Å². The zero-order chi connectivity index (χ0) is 21.1. The smallest absolute Gasteiger partial charge is 0.263 e. The average molecular weight is 467 g/mol. The number of nitrogens with zero attached hydrogens (tertiary/aromatic N) is 1. The van der Waals surface area contributed by atoms with Crippen molar-refractivity contribution in [1.29, 1.82) is 0 Å². The van der Waals surface area contributed by atoms with Crippen LogP contribution in [0.5, 0.6) is 5.75 Å². The monoisotopic (exact) mass is 466 g/mol. The minimum atomic E-state index is -4.15. The molecule has 0 spiro atoms. The Bertz CT molecular complexity index is 1070. The van der Waals surface area contributed by atoms with E-state index in [2.05, 4.69) is 4.72 Å². The van der Waals surface area contributed by atoms with Crippen LogP contribution in [-0.2, 0) is 20.0 Å². The summed E-state index contributed by atoms with van der Waals surface area (Å²) in [5.74, 6) is 0.153. The van der Waals surface area contributed by atoms with Crippen LogP contribution in [0.3, 0.4) is 0 Å². The molecule has 0 aliphatic carbocycles. The lowest BCUT2D eigenvalue weighted by atomic mass is 10.3. The second-order valence-corrected chi connectivity index (χ2v) is 10.1. The fourth-order valence-electron chi connectivity index (χ4n) is 2.52. The molecule has 0 aliphatic rings. The first-order valence-electron chi connectivity index (χ1n) is 8.22. The van der Waals surface area contributed by atoms with E-state index in [1.54, 1.807) is 13.8 Å². The highest BCUT2D eigenvalue weighted by Crippen LogP contribution is 2.33. The first-order valence-corrected chi connectivity index (χ1v) is 11.9. The van der Waals surface area contributed by atoms with Gasteiger partial charge in [0.05, 0.1) is 22.7 Å². The standard InChI is InChI=1S/C17H20Cl2N2O5S2/c1-4-21(5-2)28(24,25)13-7-9-16(26-3)15(11-13)20-27(22,23)17-10-12(18)6-8-14(17)19/h6-11,20H,4-5H2,1-3H3. The molecule has 2 aromatic carbocycles. The number of sulfonamides is 2. The highest BCUT2D eigenvalue weighted by Gasteiger charge is 2.25. The predicted molar refractivity (Wildman–Crippen MR) is 110 cm³/mol. The van der Waals surface area contributed by atoms with Crippen molar-refractivity contribution >= 4 is 48.9 Å². The zero-order valence-electron chi connectivity index (χ0n) is 15.4. The summed E-state index contributed by atoms with van der Waals surface area (Å²) in [5.41, 5.74) is -0.0354. The number of halogens is 2. The van der Waals surface area contributed by atoms with Crippen LogP contribution < -0.4 is 9.46 Å². The summed E-state index contributed by atoms with van der Waals surface area (Å²) in [4.78, 5) is -0.299. The van der Waals surface area contributed by atoms with Crippen molar-refractivity contribution in [3.8, 4) is 5.75 Å². The molecule has 0 radical (unpaired) electrons. The van der Waals surface area contributed by atoms with E-state index >= 15 is 0 Å². The molecule has 28 heavy (non-hydrogen) atoms. The summed E-state index contributed by atoms with van der Waals surface area (Å²) in [5, 5.41) is 0.164. The van der Waals surface area contributed by atoms with Crippen LogP contribution in [0.1, 0.15) is 13.8 Å². The number of benzene rings is 2. The van der Waals surface area contributed by atoms with Crippen LogP contribution in [0.25, 0.3) is 0 Å². The van der Waals surface area contributed by atoms with Gasteiger partial charge in [-0.1, -0.05) is 37.0 Å². The zero-order valence-corrected chi connectivity index (χ0v) is 18.6. The van der Waals surface area contributed by atoms with Crippen LogP contribution in [0, 0.1) is 0 Å². The first-order chi connectivity index (χ1) is 13.1. The molecule has 0 unspecified atom stereocenters. The molecule has 0 heterocycles. The van der Waals surface area contributed by atoms with Gasteiger partial charge in [-0.3, -0.25) is 4.72 Å². The van der Waals surface area contributed by atoms with E-state index in [1.807, 2.05) is 0 Å². The van der Waals surface area contributed by atoms with Gasteiger partial charge in [0.15, 0.2) is 0 Å². The van der Waals surface area contributed by atoms with Crippen LogP contribution >= 0.6 is 23.2 Å². The van der Waals surface area contributed by atoms with Gasteiger partial charge in [-0.15, -0.1) is 0 Å². The van der Waals surface area contributed by atoms with Crippen molar-refractivity contribution in [3.63, 3.8) is 0 Å². The number of ether oxygens (including phenoxy) is 1. The summed E-state index contributed by atoms with van der Waals surface area (Å²) in [6.45, 7) is 4.00. The van der Waals surface area contributed by atoms with E-state index in [0.29, 0.717) is 0 Å². The summed E-state index contributed by atoms with van der Waals surface area (Å²) in [6.07, 6.45) is 0. The van der Waals surface area contributed by atoms with Crippen molar-refractivity contribution in [2.75, 3.05) is 24.9 Å². The molecule has 1 N–H and O–H groups in total. The van der Waals surface area contributed by atoms with E-state index in [4.69, 9.17) is 27.9 Å². The van der Waals surface area contributed by atoms with Crippen molar-refractivity contribution in [3.05, 3.63) is 46.4 Å². The first kappa shape index (κ1) is 22.8. The Labute approximate surface area is 175 Å². The molecule has 7 nitrogen and oxygen atoms in total. The molecule has 0 saturated carbocycles. The SMILES string of the molecule is CCN(CC)S(=O)(=O)c1ccc(OC)c(NS(=O)(=O)c2cc(Cl)ccc2Cl)c1. The number of hydrogen-bond acceptors (Lipinski definition) is 5. The Morgan fingerprint density at radius 2 is 1.64 bits per heavy atom. The molecule has 11 heteroatoms. The molecule has 2 aromatic rings. The highest BCUT2D eigenvalue weighted by molar-refractivity contribution is 7.93. The molecule has 0 fully saturated rings. The molecule has 2 rings (SSSR count). The maximum absolute atomic E-state index is 12.8. The van der Waals surface area contributed by atoms with Gasteiger partial charge in [-0.25, -0.2) is 16.8 Å². The van der Waals surface area contributed by atoms with E-state index in [9.17, 15) is 16.8 Å². The average Bonchev–Trinajstić information content (AvgIpc) is 2.64. The van der Waals surface area contributed by atoms with E-state index in [1.165, 1.54) is 47.8 Å². The molecule has 0 amide bonds. The molecule has 0 aliphatic heterocycles. The third-order valence-electron chi connectivity index (χ3n) is 3.94. The molecule has 0 saturated heterocycles. The van der Waals surface area contributed by atoms with Crippen LogP contribution in [0.2, 0.25) is 10.0 Å². The van der Waals surface area contributed by atoms with Crippen LogP contribution in [0.4, 0.5) is 5.69 Å². The molecular formula is C17H20Cl2N2O5S2. The Kier molecular flexibility index (Phi) is 7.22. The van der Waals surface area contributed by atoms with Gasteiger partial charge in [0.25, 0.3) is 10.0 Å². The number of methoxy groups -OCH3 is 1. The largest absolute Gasteiger partial charge is 0.495 e. The number of anilines is 1. The minimum absolute atomic E-state index is 0.0252. The van der Waals surface area contributed by atoms with Gasteiger partial charge in [0.1, 0.15) is 10.6 Å². The summed E-state index contributed by atoms with van der Waals surface area (Å²) < 4.78 is 59.8. The third-order valence-corrected chi connectivity index (χ3v) is 8.07. The van der Waals surface area contributed by atoms with Gasteiger partial charge >= 0.3 is 0 Å². The quantitative estimate of drug-likeness (QED) is 0.637. The Morgan fingerprint density at radius 1 is 1.00 bits per heavy atom. The lowest BCUT2D eigenvalue weighted by Crippen LogP contribution is -2.30. The molecule has 0 aromatic heterocycles. The predicted octanol–water partition coefficient (Wildman–Crippen LogP) is 3.83. The summed E-state index contributed by atoms with van der Waals surface area (Å²) in [7, 11) is -6.59. The second kappa shape index (κ2) is 8.87. The van der Waals surface area contributed by atoms with Gasteiger partial charge in [0.2, 0.25) is 10.0 Å². The van der Waals surface area contributed by atoms with Gasteiger partial charge in [0, 0.05) is 18.1 Å². The lowest BCUT2D eigenvalue weighted by Gasteiger charge is -2.20. The van der Waals surface area contributed by atoms with Crippen molar-refractivity contribution in [2.45, 2.75) is 23.6 Å². The maximum Gasteiger partial charge on any atom is 0.263 e. The fourth-order valence-corrected chi connectivity index (χ4v) is 5.83. The molecule has 0 bridgehead atoms. The number of rotatable bonds is 8. The fraction of sp³-hybridized carbons (Fsp3) is 0.294. The van der Waals surface area contributed by atoms with E-state index < -0.39 is 20.0 Å². The van der Waals surface area contributed by atoms with E-state index in [-0.39, 0.29) is 44.4 Å². The second-order valence-electron chi connectivity index (χ2n) is 5.63. The molecule has 154 valence electrons. The lowest BCUT2D eigenvalue weighted by molar-refractivity contribution is 0.416. The Morgan fingerprint density at radius 3 is 2.21 bits per heavy atom. The van der Waals surface area contributed by atoms with Gasteiger partial charge in [-0.05, 0) is 36.4 Å². The maximum atomic E-state index is 12.8. The van der Waals surface area contributed by atoms with Crippen LogP contribution in [0.15, 0.2) is 46.2 Å². The molecular weight excluding hydrogens is 447 g/mol. The number of nitrogens with one attached hydrogen (secondary N) is 1. The highest BCUT2D eigenvalue weighted by atomic mass is 35.5. The Hall–Kier alpha value is -1.52. The van der Waals surface area contributed by atoms with E-state index in [0.717, 1.165) is 0 Å². The van der Waals surface area contributed by atoms with Crippen molar-refractivity contribution < 1.29 is 21.6 Å². The van der Waals surface area contributed by atoms with Gasteiger partial charge < -0.3 is 4.74 Å². The summed E-state index contributed by atoms with van der Waals surface area (Å²) in [6, 6.07) is 7.97. The minimum Gasteiger partial charge on any atom is -0.495 e. The third kappa shape index (κ3) is 4.72. The van der Waals surface area contributed by atoms with Crippen molar-refractivity contribution in [1.82, 2.24) is 4.31 Å². The van der Waals surface area contributed by atoms with Gasteiger partial charge in [-0.2, -0.15) is 4.31 Å². The normalized spacial score (nSPS) is 12.2. The topological polar surface area (TPSA) is 92.8 Å². The number of hydrogen-bond donors (Lipinski definition) is 1.